The van der Waals surface area contributed by atoms with E-state index in [4.69, 9.17) is 16.3 Å². The second kappa shape index (κ2) is 13.4. The second-order valence-corrected chi connectivity index (χ2v) is 11.0. The number of likely N-dealkylation sites (tertiary alicyclic amines) is 1. The largest absolute Gasteiger partial charge is 0.462 e. The van der Waals surface area contributed by atoms with E-state index in [1.807, 2.05) is 36.7 Å². The molecule has 0 saturated carbocycles. The van der Waals surface area contributed by atoms with Crippen molar-refractivity contribution in [1.29, 1.82) is 0 Å². The van der Waals surface area contributed by atoms with Crippen LogP contribution in [-0.4, -0.2) is 91.8 Å². The molecule has 0 unspecified atom stereocenters. The van der Waals surface area contributed by atoms with E-state index >= 15 is 0 Å². The van der Waals surface area contributed by atoms with Gasteiger partial charge >= 0.3 is 0 Å². The molecule has 8 nitrogen and oxygen atoms in total. The summed E-state index contributed by atoms with van der Waals surface area (Å²) in [5, 5.41) is 7.08. The molecule has 1 aromatic carbocycles. The number of piperazine rings is 1. The first-order chi connectivity index (χ1) is 19.0. The van der Waals surface area contributed by atoms with Gasteiger partial charge in [0.15, 0.2) is 5.78 Å². The average Bonchev–Trinajstić information content (AvgIpc) is 2.97. The topological polar surface area (TPSA) is 77.2 Å². The Morgan fingerprint density at radius 3 is 2.67 bits per heavy atom. The normalized spacial score (nSPS) is 20.9. The molecule has 0 spiro atoms. The number of benzene rings is 1. The molecule has 4 aliphatic rings. The van der Waals surface area contributed by atoms with Crippen LogP contribution in [0.2, 0.25) is 5.02 Å². The van der Waals surface area contributed by atoms with E-state index < -0.39 is 0 Å². The standard InChI is InChI=1S/C30H38ClN5O3/c31-25-4-5-27(28(21-25)30(38)33-10-15-35-13-8-32-9-14-35)23-6-11-34(12-7-23)16-17-36-18-19-39-29(22-36)24-2-1-3-26(37)20-24/h1-5,18-19,21-23,32H,6-17,20H2,(H,33,38). The van der Waals surface area contributed by atoms with Gasteiger partial charge in [-0.25, -0.2) is 0 Å². The summed E-state index contributed by atoms with van der Waals surface area (Å²) in [7, 11) is 0. The molecule has 2 fully saturated rings. The molecule has 0 radical (unpaired) electrons. The van der Waals surface area contributed by atoms with Crippen molar-refractivity contribution in [3.63, 3.8) is 0 Å². The summed E-state index contributed by atoms with van der Waals surface area (Å²) >= 11 is 6.31. The van der Waals surface area contributed by atoms with Crippen LogP contribution in [0.1, 0.15) is 41.1 Å². The number of halogens is 1. The van der Waals surface area contributed by atoms with Crippen molar-refractivity contribution in [1.82, 2.24) is 25.3 Å². The number of ether oxygens (including phenoxy) is 1. The van der Waals surface area contributed by atoms with Gasteiger partial charge in [-0.05, 0) is 55.6 Å². The molecule has 1 aliphatic carbocycles. The van der Waals surface area contributed by atoms with Crippen LogP contribution in [0, 0.1) is 0 Å². The Morgan fingerprint density at radius 2 is 1.87 bits per heavy atom. The van der Waals surface area contributed by atoms with Crippen molar-refractivity contribution in [3.05, 3.63) is 82.6 Å². The number of allylic oxidation sites excluding steroid dienone is 4. The molecule has 0 atom stereocenters. The van der Waals surface area contributed by atoms with Crippen molar-refractivity contribution >= 4 is 23.3 Å². The summed E-state index contributed by atoms with van der Waals surface area (Å²) in [5.41, 5.74) is 2.72. The monoisotopic (exact) mass is 551 g/mol. The van der Waals surface area contributed by atoms with Crippen molar-refractivity contribution < 1.29 is 14.3 Å². The van der Waals surface area contributed by atoms with Crippen LogP contribution >= 0.6 is 11.6 Å². The molecule has 9 heteroatoms. The molecule has 208 valence electrons. The third-order valence-electron chi connectivity index (χ3n) is 7.88. The number of ketones is 1. The van der Waals surface area contributed by atoms with Gasteiger partial charge in [0, 0.05) is 87.3 Å². The number of nitrogens with zero attached hydrogens (tertiary/aromatic N) is 3. The molecule has 0 bridgehead atoms. The number of carbonyl (C=O) groups is 2. The molecule has 39 heavy (non-hydrogen) atoms. The van der Waals surface area contributed by atoms with Crippen LogP contribution in [0.5, 0.6) is 0 Å². The summed E-state index contributed by atoms with van der Waals surface area (Å²) < 4.78 is 5.67. The van der Waals surface area contributed by atoms with Gasteiger partial charge in [0.2, 0.25) is 0 Å². The molecular weight excluding hydrogens is 514 g/mol. The second-order valence-electron chi connectivity index (χ2n) is 10.5. The predicted molar refractivity (Wildman–Crippen MR) is 153 cm³/mol. The van der Waals surface area contributed by atoms with Gasteiger partial charge in [0.1, 0.15) is 12.0 Å². The van der Waals surface area contributed by atoms with Crippen LogP contribution in [-0.2, 0) is 9.53 Å². The number of amides is 1. The highest BCUT2D eigenvalue weighted by atomic mass is 35.5. The van der Waals surface area contributed by atoms with E-state index in [2.05, 4.69) is 25.3 Å². The van der Waals surface area contributed by atoms with Crippen molar-refractivity contribution in [2.24, 2.45) is 0 Å². The lowest BCUT2D eigenvalue weighted by Crippen LogP contribution is -2.46. The van der Waals surface area contributed by atoms with Gasteiger partial charge in [-0.3, -0.25) is 14.5 Å². The summed E-state index contributed by atoms with van der Waals surface area (Å²) in [6.45, 7) is 9.28. The highest BCUT2D eigenvalue weighted by Gasteiger charge is 2.25. The minimum atomic E-state index is -0.0305. The minimum Gasteiger partial charge on any atom is -0.462 e. The molecule has 3 aliphatic heterocycles. The molecule has 3 heterocycles. The number of hydrogen-bond acceptors (Lipinski definition) is 7. The molecule has 1 amide bonds. The van der Waals surface area contributed by atoms with Crippen LogP contribution < -0.4 is 10.6 Å². The molecule has 2 N–H and O–H groups in total. The number of piperidine rings is 1. The summed E-state index contributed by atoms with van der Waals surface area (Å²) in [6, 6.07) is 5.77. The summed E-state index contributed by atoms with van der Waals surface area (Å²) in [6.07, 6.45) is 13.3. The van der Waals surface area contributed by atoms with Crippen LogP contribution in [0.3, 0.4) is 0 Å². The number of carbonyl (C=O) groups excluding carboxylic acids is 2. The number of nitrogens with one attached hydrogen (secondary N) is 2. The van der Waals surface area contributed by atoms with E-state index in [1.54, 1.807) is 18.4 Å². The Kier molecular flexibility index (Phi) is 9.53. The zero-order valence-electron chi connectivity index (χ0n) is 22.4. The van der Waals surface area contributed by atoms with Gasteiger partial charge in [0.05, 0.1) is 0 Å². The lowest BCUT2D eigenvalue weighted by Gasteiger charge is -2.34. The fourth-order valence-corrected chi connectivity index (χ4v) is 5.79. The van der Waals surface area contributed by atoms with E-state index in [9.17, 15) is 9.59 Å². The Morgan fingerprint density at radius 1 is 1.08 bits per heavy atom. The molecule has 1 aromatic rings. The van der Waals surface area contributed by atoms with E-state index in [1.165, 1.54) is 0 Å². The smallest absolute Gasteiger partial charge is 0.251 e. The highest BCUT2D eigenvalue weighted by Crippen LogP contribution is 2.32. The van der Waals surface area contributed by atoms with Crippen LogP contribution in [0.25, 0.3) is 0 Å². The molecule has 0 aromatic heterocycles. The van der Waals surface area contributed by atoms with Gasteiger partial charge in [-0.15, -0.1) is 0 Å². The number of hydrogen-bond donors (Lipinski definition) is 2. The van der Waals surface area contributed by atoms with Gasteiger partial charge in [-0.2, -0.15) is 0 Å². The first-order valence-corrected chi connectivity index (χ1v) is 14.4. The fourth-order valence-electron chi connectivity index (χ4n) is 5.61. The lowest BCUT2D eigenvalue weighted by atomic mass is 9.86. The maximum Gasteiger partial charge on any atom is 0.251 e. The third-order valence-corrected chi connectivity index (χ3v) is 8.11. The average molecular weight is 552 g/mol. The Balaban J connectivity index is 1.11. The maximum absolute atomic E-state index is 13.1. The summed E-state index contributed by atoms with van der Waals surface area (Å²) in [4.78, 5) is 31.9. The molecule has 2 saturated heterocycles. The zero-order valence-corrected chi connectivity index (χ0v) is 23.2. The van der Waals surface area contributed by atoms with Crippen LogP contribution in [0.15, 0.2) is 66.4 Å². The van der Waals surface area contributed by atoms with Crippen molar-refractivity contribution in [3.8, 4) is 0 Å². The third kappa shape index (κ3) is 7.60. The first-order valence-electron chi connectivity index (χ1n) is 14.0. The molecular formula is C30H38ClN5O3. The highest BCUT2D eigenvalue weighted by molar-refractivity contribution is 6.31. The SMILES string of the molecule is O=C1C=CC=C(C2=CN(CCN3CCC(c4ccc(Cl)cc4C(=O)NCCN4CCNCC4)CC3)C=CO2)C1. The minimum absolute atomic E-state index is 0.0305. The van der Waals surface area contributed by atoms with Gasteiger partial charge in [0.25, 0.3) is 5.91 Å². The number of rotatable bonds is 9. The summed E-state index contributed by atoms with van der Waals surface area (Å²) in [5.74, 6) is 1.14. The fraction of sp³-hybridized carbons (Fsp3) is 0.467. The Labute approximate surface area is 236 Å². The first kappa shape index (κ1) is 27.6. The van der Waals surface area contributed by atoms with Crippen molar-refractivity contribution in [2.45, 2.75) is 25.2 Å². The quantitative estimate of drug-likeness (QED) is 0.488. The van der Waals surface area contributed by atoms with Crippen molar-refractivity contribution in [2.75, 3.05) is 65.4 Å². The lowest BCUT2D eigenvalue weighted by molar-refractivity contribution is -0.114. The zero-order chi connectivity index (χ0) is 27.0. The Hall–Kier alpha value is -2.91. The van der Waals surface area contributed by atoms with Crippen LogP contribution in [0.4, 0.5) is 0 Å². The Bertz CT molecular complexity index is 1160. The maximum atomic E-state index is 13.1. The predicted octanol–water partition coefficient (Wildman–Crippen LogP) is 3.25. The molecule has 5 rings (SSSR count). The van der Waals surface area contributed by atoms with E-state index in [-0.39, 0.29) is 11.7 Å². The van der Waals surface area contributed by atoms with Gasteiger partial charge in [-0.1, -0.05) is 29.8 Å². The van der Waals surface area contributed by atoms with E-state index in [0.29, 0.717) is 29.5 Å². The van der Waals surface area contributed by atoms with Gasteiger partial charge < -0.3 is 25.2 Å². The van der Waals surface area contributed by atoms with E-state index in [0.717, 1.165) is 88.6 Å².